The first kappa shape index (κ1) is 18.6. The number of anilines is 1. The van der Waals surface area contributed by atoms with E-state index in [1.807, 2.05) is 43.3 Å². The number of nitrogens with zero attached hydrogens (tertiary/aromatic N) is 2. The molecule has 1 amide bonds. The van der Waals surface area contributed by atoms with Crippen LogP contribution in [0.5, 0.6) is 0 Å². The number of aryl methyl sites for hydroxylation is 1. The predicted molar refractivity (Wildman–Crippen MR) is 119 cm³/mol. The lowest BCUT2D eigenvalue weighted by atomic mass is 9.95. The van der Waals surface area contributed by atoms with Crippen molar-refractivity contribution >= 4 is 34.1 Å². The Hall–Kier alpha value is -3.44. The molecule has 0 bridgehead atoms. The second-order valence-corrected chi connectivity index (χ2v) is 7.94. The molecular weight excluding hydrogens is 398 g/mol. The third-order valence-electron chi connectivity index (χ3n) is 5.47. The van der Waals surface area contributed by atoms with Gasteiger partial charge in [0.15, 0.2) is 0 Å². The van der Waals surface area contributed by atoms with Crippen LogP contribution >= 0.6 is 11.6 Å². The Balaban J connectivity index is 1.70. The van der Waals surface area contributed by atoms with Crippen LogP contribution in [0.1, 0.15) is 22.9 Å². The average molecular weight is 416 g/mol. The van der Waals surface area contributed by atoms with Gasteiger partial charge in [0.25, 0.3) is 5.56 Å². The van der Waals surface area contributed by atoms with Crippen molar-refractivity contribution < 1.29 is 4.79 Å². The number of nitrogens with one attached hydrogen (secondary N) is 1. The summed E-state index contributed by atoms with van der Waals surface area (Å²) >= 11 is 6.05. The van der Waals surface area contributed by atoms with Crippen LogP contribution in [0, 0.1) is 6.92 Å². The summed E-state index contributed by atoms with van der Waals surface area (Å²) < 4.78 is 1.58. The molecule has 0 aliphatic carbocycles. The SMILES string of the molecule is Cc1ccc2c(c1)[C@H](Cc1nc3ccccc3c(=O)n1-c1ccc(Cl)cc1)C(=O)N2. The molecule has 1 aliphatic rings. The van der Waals surface area contributed by atoms with Gasteiger partial charge in [-0.25, -0.2) is 4.98 Å². The molecule has 0 saturated heterocycles. The van der Waals surface area contributed by atoms with Gasteiger partial charge in [-0.05, 0) is 55.0 Å². The fourth-order valence-corrected chi connectivity index (χ4v) is 4.13. The maximum Gasteiger partial charge on any atom is 0.265 e. The molecule has 5 nitrogen and oxygen atoms in total. The monoisotopic (exact) mass is 415 g/mol. The second kappa shape index (κ2) is 7.11. The molecule has 2 heterocycles. The van der Waals surface area contributed by atoms with Gasteiger partial charge in [-0.1, -0.05) is 41.4 Å². The summed E-state index contributed by atoms with van der Waals surface area (Å²) in [7, 11) is 0. The van der Waals surface area contributed by atoms with Crippen LogP contribution in [0.25, 0.3) is 16.6 Å². The number of rotatable bonds is 3. The normalized spacial score (nSPS) is 15.3. The van der Waals surface area contributed by atoms with E-state index in [2.05, 4.69) is 5.32 Å². The highest BCUT2D eigenvalue weighted by atomic mass is 35.5. The molecule has 1 N–H and O–H groups in total. The number of carbonyl (C=O) groups is 1. The van der Waals surface area contributed by atoms with Crippen molar-refractivity contribution in [3.63, 3.8) is 0 Å². The Bertz CT molecular complexity index is 1360. The smallest absolute Gasteiger partial charge is 0.265 e. The lowest BCUT2D eigenvalue weighted by Crippen LogP contribution is -2.26. The fourth-order valence-electron chi connectivity index (χ4n) is 4.00. The molecule has 5 rings (SSSR count). The van der Waals surface area contributed by atoms with Gasteiger partial charge in [0.1, 0.15) is 5.82 Å². The van der Waals surface area contributed by atoms with E-state index in [0.29, 0.717) is 33.9 Å². The molecule has 0 saturated carbocycles. The summed E-state index contributed by atoms with van der Waals surface area (Å²) in [4.78, 5) is 30.9. The van der Waals surface area contributed by atoms with Crippen molar-refractivity contribution in [1.29, 1.82) is 0 Å². The Morgan fingerprint density at radius 2 is 1.80 bits per heavy atom. The molecule has 0 spiro atoms. The molecule has 0 unspecified atom stereocenters. The Kier molecular flexibility index (Phi) is 4.40. The Morgan fingerprint density at radius 3 is 2.60 bits per heavy atom. The van der Waals surface area contributed by atoms with Gasteiger partial charge in [-0.2, -0.15) is 0 Å². The number of hydrogen-bond donors (Lipinski definition) is 1. The van der Waals surface area contributed by atoms with Gasteiger partial charge in [0.05, 0.1) is 22.5 Å². The number of halogens is 1. The first-order valence-corrected chi connectivity index (χ1v) is 10.1. The molecule has 30 heavy (non-hydrogen) atoms. The number of benzene rings is 3. The van der Waals surface area contributed by atoms with Gasteiger partial charge in [-0.3, -0.25) is 14.2 Å². The van der Waals surface area contributed by atoms with Crippen molar-refractivity contribution in [1.82, 2.24) is 9.55 Å². The number of hydrogen-bond acceptors (Lipinski definition) is 3. The standard InChI is InChI=1S/C24H18ClN3O2/c1-14-6-11-21-18(12-14)19(23(29)27-21)13-22-26-20-5-3-2-4-17(20)24(30)28(22)16-9-7-15(25)8-10-16/h2-12,19H,13H2,1H3,(H,27,29)/t19-/m0/s1. The van der Waals surface area contributed by atoms with Gasteiger partial charge in [0.2, 0.25) is 5.91 Å². The second-order valence-electron chi connectivity index (χ2n) is 7.50. The highest BCUT2D eigenvalue weighted by Crippen LogP contribution is 2.35. The number of carbonyl (C=O) groups excluding carboxylic acids is 1. The fraction of sp³-hybridized carbons (Fsp3) is 0.125. The maximum absolute atomic E-state index is 13.4. The quantitative estimate of drug-likeness (QED) is 0.530. The van der Waals surface area contributed by atoms with E-state index in [9.17, 15) is 9.59 Å². The minimum Gasteiger partial charge on any atom is -0.325 e. The van der Waals surface area contributed by atoms with E-state index < -0.39 is 5.92 Å². The lowest BCUT2D eigenvalue weighted by Gasteiger charge is -2.16. The van der Waals surface area contributed by atoms with Crippen molar-refractivity contribution in [2.24, 2.45) is 0 Å². The molecule has 1 aliphatic heterocycles. The summed E-state index contributed by atoms with van der Waals surface area (Å²) in [5.74, 6) is 0.0442. The maximum atomic E-state index is 13.4. The summed E-state index contributed by atoms with van der Waals surface area (Å²) in [5, 5.41) is 4.06. The zero-order valence-corrected chi connectivity index (χ0v) is 17.0. The van der Waals surface area contributed by atoms with E-state index in [4.69, 9.17) is 16.6 Å². The Labute approximate surface area is 178 Å². The first-order valence-electron chi connectivity index (χ1n) is 9.69. The lowest BCUT2D eigenvalue weighted by molar-refractivity contribution is -0.117. The Morgan fingerprint density at radius 1 is 1.03 bits per heavy atom. The van der Waals surface area contributed by atoms with E-state index in [1.54, 1.807) is 34.9 Å². The van der Waals surface area contributed by atoms with Gasteiger partial charge < -0.3 is 5.32 Å². The van der Waals surface area contributed by atoms with Crippen LogP contribution in [0.15, 0.2) is 71.5 Å². The molecule has 0 radical (unpaired) electrons. The van der Waals surface area contributed by atoms with Gasteiger partial charge in [-0.15, -0.1) is 0 Å². The molecule has 4 aromatic rings. The number of amides is 1. The summed E-state index contributed by atoms with van der Waals surface area (Å²) in [6, 6.07) is 20.2. The summed E-state index contributed by atoms with van der Waals surface area (Å²) in [5.41, 5.74) is 3.95. The van der Waals surface area contributed by atoms with Crippen LogP contribution < -0.4 is 10.9 Å². The number of aromatic nitrogens is 2. The zero-order valence-electron chi connectivity index (χ0n) is 16.2. The molecular formula is C24H18ClN3O2. The van der Waals surface area contributed by atoms with E-state index in [0.717, 1.165) is 16.8 Å². The van der Waals surface area contributed by atoms with Crippen molar-refractivity contribution in [3.05, 3.63) is 99.1 Å². The topological polar surface area (TPSA) is 64.0 Å². The van der Waals surface area contributed by atoms with Crippen LogP contribution in [-0.4, -0.2) is 15.5 Å². The third kappa shape index (κ3) is 3.08. The van der Waals surface area contributed by atoms with Crippen molar-refractivity contribution in [2.75, 3.05) is 5.32 Å². The summed E-state index contributed by atoms with van der Waals surface area (Å²) in [6.45, 7) is 2.00. The van der Waals surface area contributed by atoms with Crippen LogP contribution in [0.3, 0.4) is 0 Å². The van der Waals surface area contributed by atoms with Crippen LogP contribution in [0.2, 0.25) is 5.02 Å². The van der Waals surface area contributed by atoms with Gasteiger partial charge >= 0.3 is 0 Å². The predicted octanol–water partition coefficient (Wildman–Crippen LogP) is 4.63. The molecule has 1 atom stereocenters. The van der Waals surface area contributed by atoms with Gasteiger partial charge in [0, 0.05) is 17.1 Å². The zero-order chi connectivity index (χ0) is 20.8. The number of fused-ring (bicyclic) bond motifs is 2. The van der Waals surface area contributed by atoms with E-state index >= 15 is 0 Å². The van der Waals surface area contributed by atoms with Crippen molar-refractivity contribution in [2.45, 2.75) is 19.3 Å². The number of para-hydroxylation sites is 1. The molecule has 3 aromatic carbocycles. The minimum absolute atomic E-state index is 0.0827. The highest BCUT2D eigenvalue weighted by molar-refractivity contribution is 6.30. The average Bonchev–Trinajstić information content (AvgIpc) is 3.04. The molecule has 6 heteroatoms. The van der Waals surface area contributed by atoms with Crippen molar-refractivity contribution in [3.8, 4) is 5.69 Å². The van der Waals surface area contributed by atoms with E-state index in [-0.39, 0.29) is 11.5 Å². The first-order chi connectivity index (χ1) is 14.5. The molecule has 0 fully saturated rings. The molecule has 1 aromatic heterocycles. The summed E-state index contributed by atoms with van der Waals surface area (Å²) in [6.07, 6.45) is 0.311. The van der Waals surface area contributed by atoms with Crippen LogP contribution in [0.4, 0.5) is 5.69 Å². The largest absolute Gasteiger partial charge is 0.325 e. The minimum atomic E-state index is -0.411. The van der Waals surface area contributed by atoms with E-state index in [1.165, 1.54) is 0 Å². The highest BCUT2D eigenvalue weighted by Gasteiger charge is 2.32. The third-order valence-corrected chi connectivity index (χ3v) is 5.73. The van der Waals surface area contributed by atoms with Crippen LogP contribution in [-0.2, 0) is 11.2 Å². The molecule has 148 valence electrons.